The first-order valence-electron chi connectivity index (χ1n) is 6.71. The number of aromatic hydroxyl groups is 1. The van der Waals surface area contributed by atoms with E-state index in [1.165, 1.54) is 25.3 Å². The smallest absolute Gasteiger partial charge is 0.252 e. The number of nitrogens with zero attached hydrogens (tertiary/aromatic N) is 1. The first-order valence-corrected chi connectivity index (χ1v) is 6.71. The summed E-state index contributed by atoms with van der Waals surface area (Å²) in [4.78, 5) is 12.3. The van der Waals surface area contributed by atoms with Crippen LogP contribution in [-0.2, 0) is 0 Å². The van der Waals surface area contributed by atoms with Crippen molar-refractivity contribution in [2.24, 2.45) is 0 Å². The van der Waals surface area contributed by atoms with Crippen LogP contribution in [0.15, 0.2) is 18.2 Å². The van der Waals surface area contributed by atoms with Gasteiger partial charge in [0.05, 0.1) is 13.2 Å². The lowest BCUT2D eigenvalue weighted by Gasteiger charge is -2.31. The molecule has 106 valence electrons. The van der Waals surface area contributed by atoms with Crippen LogP contribution in [0, 0.1) is 11.3 Å². The fraction of sp³-hybridized carbons (Fsp3) is 0.467. The van der Waals surface area contributed by atoms with Crippen LogP contribution in [-0.4, -0.2) is 23.7 Å². The van der Waals surface area contributed by atoms with Crippen molar-refractivity contribution in [1.29, 1.82) is 5.26 Å². The summed E-state index contributed by atoms with van der Waals surface area (Å²) >= 11 is 0. The normalized spacial score (nSPS) is 17.0. The summed E-state index contributed by atoms with van der Waals surface area (Å²) in [5, 5.41) is 21.7. The number of hydrogen-bond donors (Lipinski definition) is 2. The summed E-state index contributed by atoms with van der Waals surface area (Å²) in [6.07, 6.45) is 4.38. The number of nitrogens with one attached hydrogen (secondary N) is 1. The highest BCUT2D eigenvalue weighted by molar-refractivity contribution is 5.95. The minimum Gasteiger partial charge on any atom is -0.504 e. The lowest BCUT2D eigenvalue weighted by Crippen LogP contribution is -2.48. The van der Waals surface area contributed by atoms with Crippen molar-refractivity contribution in [2.45, 2.75) is 37.6 Å². The number of phenols is 1. The molecule has 0 aromatic heterocycles. The fourth-order valence-corrected chi connectivity index (χ4v) is 2.53. The van der Waals surface area contributed by atoms with Crippen LogP contribution < -0.4 is 10.1 Å². The summed E-state index contributed by atoms with van der Waals surface area (Å²) < 4.78 is 4.98. The molecule has 1 aromatic carbocycles. The van der Waals surface area contributed by atoms with Gasteiger partial charge >= 0.3 is 0 Å². The Morgan fingerprint density at radius 3 is 2.70 bits per heavy atom. The van der Waals surface area contributed by atoms with E-state index < -0.39 is 5.54 Å². The number of ether oxygens (including phenoxy) is 1. The molecule has 0 bridgehead atoms. The van der Waals surface area contributed by atoms with Crippen LogP contribution in [0.25, 0.3) is 0 Å². The predicted molar refractivity (Wildman–Crippen MR) is 73.6 cm³/mol. The Morgan fingerprint density at radius 1 is 1.40 bits per heavy atom. The highest BCUT2D eigenvalue weighted by Gasteiger charge is 2.33. The Balaban J connectivity index is 2.17. The van der Waals surface area contributed by atoms with Crippen LogP contribution in [0.5, 0.6) is 11.5 Å². The highest BCUT2D eigenvalue weighted by Crippen LogP contribution is 2.29. The lowest BCUT2D eigenvalue weighted by atomic mass is 9.82. The summed E-state index contributed by atoms with van der Waals surface area (Å²) in [5.41, 5.74) is -0.389. The monoisotopic (exact) mass is 274 g/mol. The second-order valence-corrected chi connectivity index (χ2v) is 5.10. The first kappa shape index (κ1) is 14.2. The maximum absolute atomic E-state index is 12.3. The van der Waals surface area contributed by atoms with E-state index in [-0.39, 0.29) is 17.4 Å². The van der Waals surface area contributed by atoms with Gasteiger partial charge in [-0.1, -0.05) is 19.3 Å². The van der Waals surface area contributed by atoms with Crippen LogP contribution in [0.4, 0.5) is 0 Å². The lowest BCUT2D eigenvalue weighted by molar-refractivity contribution is 0.0902. The highest BCUT2D eigenvalue weighted by atomic mass is 16.5. The molecule has 5 heteroatoms. The zero-order chi connectivity index (χ0) is 14.6. The number of nitriles is 1. The number of methoxy groups -OCH3 is 1. The number of amides is 1. The van der Waals surface area contributed by atoms with E-state index in [9.17, 15) is 15.2 Å². The van der Waals surface area contributed by atoms with Gasteiger partial charge in [-0.25, -0.2) is 0 Å². The molecule has 5 nitrogen and oxygen atoms in total. The van der Waals surface area contributed by atoms with Gasteiger partial charge in [0, 0.05) is 5.56 Å². The number of rotatable bonds is 3. The second-order valence-electron chi connectivity index (χ2n) is 5.10. The molecule has 1 aliphatic rings. The van der Waals surface area contributed by atoms with Gasteiger partial charge in [0.25, 0.3) is 5.91 Å². The van der Waals surface area contributed by atoms with Crippen LogP contribution in [0.3, 0.4) is 0 Å². The molecule has 0 heterocycles. The zero-order valence-electron chi connectivity index (χ0n) is 11.5. The molecule has 0 radical (unpaired) electrons. The molecule has 1 aromatic rings. The molecule has 0 spiro atoms. The summed E-state index contributed by atoms with van der Waals surface area (Å²) in [6, 6.07) is 6.64. The van der Waals surface area contributed by atoms with Gasteiger partial charge in [0.15, 0.2) is 11.5 Å². The van der Waals surface area contributed by atoms with E-state index in [1.807, 2.05) is 0 Å². The number of hydrogen-bond acceptors (Lipinski definition) is 4. The summed E-state index contributed by atoms with van der Waals surface area (Å²) in [7, 11) is 1.43. The molecule has 2 N–H and O–H groups in total. The SMILES string of the molecule is COc1cc(C(=O)NC2(C#N)CCCCC2)ccc1O. The molecule has 1 saturated carbocycles. The standard InChI is InChI=1S/C15H18N2O3/c1-20-13-9-11(5-6-12(13)18)14(19)17-15(10-16)7-3-2-4-8-15/h5-6,9,18H,2-4,7-8H2,1H3,(H,17,19). The van der Waals surface area contributed by atoms with Gasteiger partial charge < -0.3 is 15.2 Å². The Kier molecular flexibility index (Phi) is 4.14. The minimum absolute atomic E-state index is 0.0169. The average molecular weight is 274 g/mol. The van der Waals surface area contributed by atoms with Crippen molar-refractivity contribution in [2.75, 3.05) is 7.11 Å². The van der Waals surface area contributed by atoms with Crippen molar-refractivity contribution in [3.63, 3.8) is 0 Å². The number of carbonyl (C=O) groups is 1. The third-order valence-electron chi connectivity index (χ3n) is 3.72. The number of carbonyl (C=O) groups excluding carboxylic acids is 1. The molecule has 0 atom stereocenters. The molecule has 0 unspecified atom stereocenters. The molecule has 1 fully saturated rings. The van der Waals surface area contributed by atoms with Gasteiger partial charge in [0.2, 0.25) is 0 Å². The Labute approximate surface area is 118 Å². The van der Waals surface area contributed by atoms with E-state index in [1.54, 1.807) is 0 Å². The van der Waals surface area contributed by atoms with E-state index in [4.69, 9.17) is 4.74 Å². The van der Waals surface area contributed by atoms with Crippen molar-refractivity contribution < 1.29 is 14.6 Å². The maximum Gasteiger partial charge on any atom is 0.252 e. The van der Waals surface area contributed by atoms with Crippen LogP contribution >= 0.6 is 0 Å². The molecular formula is C15H18N2O3. The van der Waals surface area contributed by atoms with Gasteiger partial charge in [-0.2, -0.15) is 5.26 Å². The minimum atomic E-state index is -0.763. The number of phenolic OH excluding ortho intramolecular Hbond substituents is 1. The molecule has 1 amide bonds. The Morgan fingerprint density at radius 2 is 2.10 bits per heavy atom. The maximum atomic E-state index is 12.3. The molecular weight excluding hydrogens is 256 g/mol. The Hall–Kier alpha value is -2.22. The molecule has 2 rings (SSSR count). The average Bonchev–Trinajstić information content (AvgIpc) is 2.48. The fourth-order valence-electron chi connectivity index (χ4n) is 2.53. The van der Waals surface area contributed by atoms with E-state index in [2.05, 4.69) is 11.4 Å². The molecule has 1 aliphatic carbocycles. The quantitative estimate of drug-likeness (QED) is 0.886. The topological polar surface area (TPSA) is 82.3 Å². The third kappa shape index (κ3) is 2.85. The molecule has 0 aliphatic heterocycles. The van der Waals surface area contributed by atoms with Crippen molar-refractivity contribution in [3.8, 4) is 17.6 Å². The van der Waals surface area contributed by atoms with Crippen LogP contribution in [0.2, 0.25) is 0 Å². The van der Waals surface area contributed by atoms with Gasteiger partial charge in [-0.05, 0) is 31.0 Å². The summed E-state index contributed by atoms with van der Waals surface area (Å²) in [6.45, 7) is 0. The predicted octanol–water partition coefficient (Wildman–Crippen LogP) is 2.36. The largest absolute Gasteiger partial charge is 0.504 e. The van der Waals surface area contributed by atoms with Gasteiger partial charge in [-0.3, -0.25) is 4.79 Å². The summed E-state index contributed by atoms with van der Waals surface area (Å²) in [5.74, 6) is -0.0873. The van der Waals surface area contributed by atoms with Gasteiger partial charge in [0.1, 0.15) is 5.54 Å². The van der Waals surface area contributed by atoms with Gasteiger partial charge in [-0.15, -0.1) is 0 Å². The zero-order valence-corrected chi connectivity index (χ0v) is 11.5. The van der Waals surface area contributed by atoms with E-state index >= 15 is 0 Å². The van der Waals surface area contributed by atoms with E-state index in [0.717, 1.165) is 19.3 Å². The van der Waals surface area contributed by atoms with E-state index in [0.29, 0.717) is 18.4 Å². The van der Waals surface area contributed by atoms with Crippen molar-refractivity contribution in [3.05, 3.63) is 23.8 Å². The van der Waals surface area contributed by atoms with Crippen LogP contribution in [0.1, 0.15) is 42.5 Å². The molecule has 0 saturated heterocycles. The number of benzene rings is 1. The second kappa shape index (κ2) is 5.83. The van der Waals surface area contributed by atoms with Crippen molar-refractivity contribution in [1.82, 2.24) is 5.32 Å². The third-order valence-corrected chi connectivity index (χ3v) is 3.72. The Bertz CT molecular complexity index is 543. The van der Waals surface area contributed by atoms with Crippen molar-refractivity contribution >= 4 is 5.91 Å². The first-order chi connectivity index (χ1) is 9.60. The molecule has 20 heavy (non-hydrogen) atoms.